The minimum Gasteiger partial charge on any atom is -0.339 e. The molecule has 1 rings (SSSR count). The number of hydrogen-bond donors (Lipinski definition) is 2. The van der Waals surface area contributed by atoms with Gasteiger partial charge in [-0.25, -0.2) is 0 Å². The van der Waals surface area contributed by atoms with Crippen LogP contribution in [-0.4, -0.2) is 36.0 Å². The zero-order chi connectivity index (χ0) is 9.84. The second kappa shape index (κ2) is 4.58. The summed E-state index contributed by atoms with van der Waals surface area (Å²) in [6.45, 7) is 3.15. The SMILES string of the molecule is CC1CCCCN1C(=O)C(N)CN. The van der Waals surface area contributed by atoms with E-state index in [-0.39, 0.29) is 12.5 Å². The van der Waals surface area contributed by atoms with Crippen molar-refractivity contribution in [3.05, 3.63) is 0 Å². The average molecular weight is 185 g/mol. The zero-order valence-electron chi connectivity index (χ0n) is 8.20. The molecule has 0 aromatic heterocycles. The Balaban J connectivity index is 2.53. The number of rotatable bonds is 2. The molecule has 1 saturated heterocycles. The first-order valence-electron chi connectivity index (χ1n) is 4.93. The van der Waals surface area contributed by atoms with E-state index in [0.29, 0.717) is 6.04 Å². The molecule has 1 heterocycles. The van der Waals surface area contributed by atoms with Gasteiger partial charge in [-0.3, -0.25) is 4.79 Å². The van der Waals surface area contributed by atoms with Gasteiger partial charge in [-0.1, -0.05) is 0 Å². The smallest absolute Gasteiger partial charge is 0.241 e. The Hall–Kier alpha value is -0.610. The Morgan fingerprint density at radius 1 is 1.62 bits per heavy atom. The number of carbonyl (C=O) groups is 1. The second-order valence-electron chi connectivity index (χ2n) is 3.72. The van der Waals surface area contributed by atoms with Gasteiger partial charge in [-0.15, -0.1) is 0 Å². The summed E-state index contributed by atoms with van der Waals surface area (Å²) in [5.41, 5.74) is 10.9. The van der Waals surface area contributed by atoms with Gasteiger partial charge in [0.1, 0.15) is 0 Å². The second-order valence-corrected chi connectivity index (χ2v) is 3.72. The molecule has 0 saturated carbocycles. The minimum absolute atomic E-state index is 0.00898. The summed E-state index contributed by atoms with van der Waals surface area (Å²) in [6, 6.07) is -0.181. The van der Waals surface area contributed by atoms with Crippen LogP contribution in [0.25, 0.3) is 0 Å². The molecule has 1 aliphatic rings. The fourth-order valence-electron chi connectivity index (χ4n) is 1.74. The van der Waals surface area contributed by atoms with Crippen LogP contribution >= 0.6 is 0 Å². The first-order valence-corrected chi connectivity index (χ1v) is 4.93. The lowest BCUT2D eigenvalue weighted by Gasteiger charge is -2.34. The molecule has 4 N–H and O–H groups in total. The number of carbonyl (C=O) groups excluding carboxylic acids is 1. The molecule has 0 radical (unpaired) electrons. The number of amides is 1. The van der Waals surface area contributed by atoms with Crippen LogP contribution in [0.1, 0.15) is 26.2 Å². The van der Waals surface area contributed by atoms with Crippen LogP contribution < -0.4 is 11.5 Å². The van der Waals surface area contributed by atoms with Gasteiger partial charge in [-0.05, 0) is 26.2 Å². The van der Waals surface area contributed by atoms with Gasteiger partial charge >= 0.3 is 0 Å². The summed E-state index contributed by atoms with van der Waals surface area (Å²) < 4.78 is 0. The molecular weight excluding hydrogens is 166 g/mol. The standard InChI is InChI=1S/C9H19N3O/c1-7-4-2-3-5-12(7)9(13)8(11)6-10/h7-8H,2-6,10-11H2,1H3. The van der Waals surface area contributed by atoms with Crippen LogP contribution in [0, 0.1) is 0 Å². The van der Waals surface area contributed by atoms with Crippen LogP contribution in [0.2, 0.25) is 0 Å². The topological polar surface area (TPSA) is 72.3 Å². The number of piperidine rings is 1. The number of nitrogens with two attached hydrogens (primary N) is 2. The molecule has 0 bridgehead atoms. The Kier molecular flexibility index (Phi) is 3.69. The number of hydrogen-bond acceptors (Lipinski definition) is 3. The summed E-state index contributed by atoms with van der Waals surface area (Å²) in [5.74, 6) is 0.00898. The van der Waals surface area contributed by atoms with E-state index in [2.05, 4.69) is 6.92 Å². The van der Waals surface area contributed by atoms with Gasteiger partial charge in [0.05, 0.1) is 6.04 Å². The molecule has 0 aliphatic carbocycles. The summed E-state index contributed by atoms with van der Waals surface area (Å²) in [4.78, 5) is 13.5. The number of nitrogens with zero attached hydrogens (tertiary/aromatic N) is 1. The van der Waals surface area contributed by atoms with Crippen LogP contribution in [0.15, 0.2) is 0 Å². The Morgan fingerprint density at radius 3 is 2.85 bits per heavy atom. The molecule has 4 nitrogen and oxygen atoms in total. The molecule has 0 aromatic carbocycles. The molecule has 2 atom stereocenters. The molecule has 13 heavy (non-hydrogen) atoms. The van der Waals surface area contributed by atoms with E-state index in [1.807, 2.05) is 4.90 Å². The van der Waals surface area contributed by atoms with Crippen molar-refractivity contribution in [2.75, 3.05) is 13.1 Å². The van der Waals surface area contributed by atoms with Crippen LogP contribution in [0.3, 0.4) is 0 Å². The first kappa shape index (κ1) is 10.5. The third-order valence-corrected chi connectivity index (χ3v) is 2.66. The molecule has 1 fully saturated rings. The molecular formula is C9H19N3O. The van der Waals surface area contributed by atoms with Crippen LogP contribution in [0.4, 0.5) is 0 Å². The van der Waals surface area contributed by atoms with E-state index >= 15 is 0 Å². The van der Waals surface area contributed by atoms with Crippen molar-refractivity contribution in [2.45, 2.75) is 38.3 Å². The van der Waals surface area contributed by atoms with E-state index in [1.54, 1.807) is 0 Å². The van der Waals surface area contributed by atoms with E-state index in [9.17, 15) is 4.79 Å². The van der Waals surface area contributed by atoms with Crippen molar-refractivity contribution in [3.8, 4) is 0 Å². The Bertz CT molecular complexity index is 184. The van der Waals surface area contributed by atoms with Crippen molar-refractivity contribution in [3.63, 3.8) is 0 Å². The summed E-state index contributed by atoms with van der Waals surface area (Å²) in [5, 5.41) is 0. The van der Waals surface area contributed by atoms with Crippen molar-refractivity contribution >= 4 is 5.91 Å². The lowest BCUT2D eigenvalue weighted by molar-refractivity contribution is -0.135. The summed E-state index contributed by atoms with van der Waals surface area (Å²) in [7, 11) is 0. The van der Waals surface area contributed by atoms with Gasteiger partial charge < -0.3 is 16.4 Å². The van der Waals surface area contributed by atoms with Crippen LogP contribution in [-0.2, 0) is 4.79 Å². The molecule has 2 unspecified atom stereocenters. The maximum atomic E-state index is 11.7. The van der Waals surface area contributed by atoms with Gasteiger partial charge in [0.15, 0.2) is 0 Å². The predicted molar refractivity (Wildman–Crippen MR) is 52.1 cm³/mol. The van der Waals surface area contributed by atoms with E-state index < -0.39 is 6.04 Å². The van der Waals surface area contributed by atoms with Crippen molar-refractivity contribution in [1.82, 2.24) is 4.90 Å². The fourth-order valence-corrected chi connectivity index (χ4v) is 1.74. The van der Waals surface area contributed by atoms with Crippen molar-refractivity contribution < 1.29 is 4.79 Å². The quantitative estimate of drug-likeness (QED) is 0.619. The summed E-state index contributed by atoms with van der Waals surface area (Å²) >= 11 is 0. The monoisotopic (exact) mass is 185 g/mol. The highest BCUT2D eigenvalue weighted by atomic mass is 16.2. The highest BCUT2D eigenvalue weighted by Gasteiger charge is 2.26. The predicted octanol–water partition coefficient (Wildman–Crippen LogP) is -0.327. The summed E-state index contributed by atoms with van der Waals surface area (Å²) in [6.07, 6.45) is 3.39. The van der Waals surface area contributed by atoms with E-state index in [0.717, 1.165) is 19.4 Å². The van der Waals surface area contributed by atoms with Crippen molar-refractivity contribution in [1.29, 1.82) is 0 Å². The third kappa shape index (κ3) is 2.42. The maximum Gasteiger partial charge on any atom is 0.241 e. The average Bonchev–Trinajstić information content (AvgIpc) is 2.16. The Labute approximate surface area is 79.3 Å². The fraction of sp³-hybridized carbons (Fsp3) is 0.889. The van der Waals surface area contributed by atoms with Gasteiger partial charge in [0, 0.05) is 19.1 Å². The van der Waals surface area contributed by atoms with Crippen LogP contribution in [0.5, 0.6) is 0 Å². The minimum atomic E-state index is -0.513. The maximum absolute atomic E-state index is 11.7. The highest BCUT2D eigenvalue weighted by Crippen LogP contribution is 2.16. The molecule has 0 aromatic rings. The molecule has 4 heteroatoms. The van der Waals surface area contributed by atoms with E-state index in [4.69, 9.17) is 11.5 Å². The highest BCUT2D eigenvalue weighted by molar-refractivity contribution is 5.82. The van der Waals surface area contributed by atoms with Gasteiger partial charge in [0.25, 0.3) is 0 Å². The molecule has 1 aliphatic heterocycles. The van der Waals surface area contributed by atoms with E-state index in [1.165, 1.54) is 6.42 Å². The lowest BCUT2D eigenvalue weighted by atomic mass is 10.0. The normalized spacial score (nSPS) is 25.8. The van der Waals surface area contributed by atoms with Gasteiger partial charge in [-0.2, -0.15) is 0 Å². The molecule has 76 valence electrons. The zero-order valence-corrected chi connectivity index (χ0v) is 8.20. The lowest BCUT2D eigenvalue weighted by Crippen LogP contribution is -2.52. The Morgan fingerprint density at radius 2 is 2.31 bits per heavy atom. The largest absolute Gasteiger partial charge is 0.339 e. The molecule has 1 amide bonds. The van der Waals surface area contributed by atoms with Gasteiger partial charge in [0.2, 0.25) is 5.91 Å². The first-order chi connectivity index (χ1) is 6.16. The third-order valence-electron chi connectivity index (χ3n) is 2.66. The van der Waals surface area contributed by atoms with Crippen molar-refractivity contribution in [2.24, 2.45) is 11.5 Å². The molecule has 0 spiro atoms. The number of likely N-dealkylation sites (tertiary alicyclic amines) is 1.